The Labute approximate surface area is 91.4 Å². The quantitative estimate of drug-likeness (QED) is 0.712. The van der Waals surface area contributed by atoms with Gasteiger partial charge in [-0.25, -0.2) is 0 Å². The van der Waals surface area contributed by atoms with Crippen molar-refractivity contribution in [3.05, 3.63) is 17.8 Å². The van der Waals surface area contributed by atoms with E-state index in [9.17, 15) is 9.59 Å². The van der Waals surface area contributed by atoms with Crippen molar-refractivity contribution in [2.45, 2.75) is 6.42 Å². The molecule has 0 atom stereocenters. The summed E-state index contributed by atoms with van der Waals surface area (Å²) < 4.78 is 4.78. The third kappa shape index (κ3) is 3.52. The molecule has 1 heterocycles. The first-order valence-corrected chi connectivity index (χ1v) is 4.51. The highest BCUT2D eigenvalue weighted by Crippen LogP contribution is 2.03. The number of hydrogen-bond donors (Lipinski definition) is 2. The zero-order valence-corrected chi connectivity index (χ0v) is 8.64. The van der Waals surface area contributed by atoms with Crippen LogP contribution >= 0.6 is 0 Å². The maximum atomic E-state index is 11.4. The highest BCUT2D eigenvalue weighted by atomic mass is 16.5. The van der Waals surface area contributed by atoms with E-state index in [1.807, 2.05) is 0 Å². The molecule has 0 aliphatic carbocycles. The summed E-state index contributed by atoms with van der Waals surface area (Å²) in [4.78, 5) is 21.6. The average molecular weight is 225 g/mol. The van der Waals surface area contributed by atoms with Gasteiger partial charge >= 0.3 is 5.97 Å². The lowest BCUT2D eigenvalue weighted by Gasteiger charge is -2.02. The summed E-state index contributed by atoms with van der Waals surface area (Å²) in [6.07, 6.45) is -0.130. The first kappa shape index (κ1) is 11.9. The monoisotopic (exact) mass is 225 g/mol. The van der Waals surface area contributed by atoms with Gasteiger partial charge in [0.2, 0.25) is 5.88 Å². The van der Waals surface area contributed by atoms with Gasteiger partial charge in [-0.05, 0) is 6.07 Å². The number of nitrogens with one attached hydrogen (secondary N) is 1. The lowest BCUT2D eigenvalue weighted by molar-refractivity contribution is -0.136. The van der Waals surface area contributed by atoms with E-state index in [0.29, 0.717) is 5.88 Å². The van der Waals surface area contributed by atoms with Gasteiger partial charge in [0.1, 0.15) is 0 Å². The normalized spacial score (nSPS) is 9.56. The fourth-order valence-electron chi connectivity index (χ4n) is 0.924. The van der Waals surface area contributed by atoms with Crippen LogP contribution in [0, 0.1) is 0 Å². The van der Waals surface area contributed by atoms with Crippen LogP contribution in [0.15, 0.2) is 12.1 Å². The number of hydrogen-bond acceptors (Lipinski definition) is 5. The van der Waals surface area contributed by atoms with E-state index in [4.69, 9.17) is 9.84 Å². The molecule has 0 unspecified atom stereocenters. The zero-order valence-electron chi connectivity index (χ0n) is 8.64. The Balaban J connectivity index is 2.49. The van der Waals surface area contributed by atoms with Gasteiger partial charge in [0.25, 0.3) is 5.91 Å². The predicted molar refractivity (Wildman–Crippen MR) is 53.2 cm³/mol. The molecule has 1 amide bonds. The van der Waals surface area contributed by atoms with Gasteiger partial charge in [0, 0.05) is 12.6 Å². The number of methoxy groups -OCH3 is 1. The topological polar surface area (TPSA) is 101 Å². The van der Waals surface area contributed by atoms with Crippen LogP contribution in [0.5, 0.6) is 5.88 Å². The zero-order chi connectivity index (χ0) is 12.0. The molecular formula is C9H11N3O4. The Hall–Kier alpha value is -2.18. The first-order valence-electron chi connectivity index (χ1n) is 4.51. The highest BCUT2D eigenvalue weighted by molar-refractivity contribution is 5.92. The number of amides is 1. The third-order valence-electron chi connectivity index (χ3n) is 1.71. The van der Waals surface area contributed by atoms with Crippen LogP contribution < -0.4 is 10.1 Å². The number of aliphatic carboxylic acids is 1. The molecule has 0 saturated heterocycles. The summed E-state index contributed by atoms with van der Waals surface area (Å²) in [6.45, 7) is 0.0574. The van der Waals surface area contributed by atoms with Crippen molar-refractivity contribution in [2.24, 2.45) is 0 Å². The molecule has 7 nitrogen and oxygen atoms in total. The number of carbonyl (C=O) groups excluding carboxylic acids is 1. The Kier molecular flexibility index (Phi) is 4.19. The van der Waals surface area contributed by atoms with Crippen molar-refractivity contribution < 1.29 is 19.4 Å². The van der Waals surface area contributed by atoms with Crippen LogP contribution in [0.25, 0.3) is 0 Å². The van der Waals surface area contributed by atoms with E-state index in [1.54, 1.807) is 0 Å². The van der Waals surface area contributed by atoms with Gasteiger partial charge in [-0.1, -0.05) is 0 Å². The van der Waals surface area contributed by atoms with Gasteiger partial charge < -0.3 is 15.2 Å². The number of ether oxygens (including phenoxy) is 1. The fraction of sp³-hybridized carbons (Fsp3) is 0.333. The van der Waals surface area contributed by atoms with Gasteiger partial charge in [-0.3, -0.25) is 9.59 Å². The van der Waals surface area contributed by atoms with Crippen LogP contribution in [0.2, 0.25) is 0 Å². The Morgan fingerprint density at radius 2 is 2.19 bits per heavy atom. The van der Waals surface area contributed by atoms with Gasteiger partial charge in [0.15, 0.2) is 5.69 Å². The van der Waals surface area contributed by atoms with Crippen molar-refractivity contribution in [3.63, 3.8) is 0 Å². The van der Waals surface area contributed by atoms with Crippen LogP contribution in [0.4, 0.5) is 0 Å². The minimum atomic E-state index is -0.971. The first-order chi connectivity index (χ1) is 7.63. The van der Waals surface area contributed by atoms with E-state index in [-0.39, 0.29) is 18.7 Å². The molecule has 86 valence electrons. The summed E-state index contributed by atoms with van der Waals surface area (Å²) in [7, 11) is 1.44. The third-order valence-corrected chi connectivity index (χ3v) is 1.71. The average Bonchev–Trinajstić information content (AvgIpc) is 2.28. The second kappa shape index (κ2) is 5.64. The molecule has 0 aliphatic heterocycles. The molecular weight excluding hydrogens is 214 g/mol. The molecule has 1 aromatic rings. The fourth-order valence-corrected chi connectivity index (χ4v) is 0.924. The summed E-state index contributed by atoms with van der Waals surface area (Å²) >= 11 is 0. The van der Waals surface area contributed by atoms with E-state index >= 15 is 0 Å². The predicted octanol–water partition coefficient (Wildman–Crippen LogP) is -0.310. The SMILES string of the molecule is COc1ccc(C(=O)NCCC(=O)O)nn1. The molecule has 0 aromatic carbocycles. The second-order valence-corrected chi connectivity index (χ2v) is 2.86. The van der Waals surface area contributed by atoms with Crippen LogP contribution in [0.3, 0.4) is 0 Å². The largest absolute Gasteiger partial charge is 0.481 e. The van der Waals surface area contributed by atoms with Crippen molar-refractivity contribution in [3.8, 4) is 5.88 Å². The van der Waals surface area contributed by atoms with Crippen molar-refractivity contribution in [1.82, 2.24) is 15.5 Å². The number of carbonyl (C=O) groups is 2. The summed E-state index contributed by atoms with van der Waals surface area (Å²) in [5.74, 6) is -1.13. The van der Waals surface area contributed by atoms with E-state index in [2.05, 4.69) is 15.5 Å². The van der Waals surface area contributed by atoms with Gasteiger partial charge in [-0.15, -0.1) is 10.2 Å². The maximum Gasteiger partial charge on any atom is 0.305 e. The van der Waals surface area contributed by atoms with E-state index in [0.717, 1.165) is 0 Å². The molecule has 0 bridgehead atoms. The molecule has 16 heavy (non-hydrogen) atoms. The second-order valence-electron chi connectivity index (χ2n) is 2.86. The number of carboxylic acid groups (broad SMARTS) is 1. The Morgan fingerprint density at radius 3 is 2.69 bits per heavy atom. The Morgan fingerprint density at radius 1 is 1.44 bits per heavy atom. The minimum Gasteiger partial charge on any atom is -0.481 e. The van der Waals surface area contributed by atoms with Crippen molar-refractivity contribution in [2.75, 3.05) is 13.7 Å². The lowest BCUT2D eigenvalue weighted by Crippen LogP contribution is -2.27. The standard InChI is InChI=1S/C9H11N3O4/c1-16-7-3-2-6(11-12-7)9(15)10-5-4-8(13)14/h2-3H,4-5H2,1H3,(H,10,15)(H,13,14). The molecule has 1 rings (SSSR count). The van der Waals surface area contributed by atoms with Crippen LogP contribution in [-0.4, -0.2) is 40.8 Å². The maximum absolute atomic E-state index is 11.4. The molecule has 0 aliphatic rings. The van der Waals surface area contributed by atoms with E-state index in [1.165, 1.54) is 19.2 Å². The van der Waals surface area contributed by atoms with Crippen LogP contribution in [0.1, 0.15) is 16.9 Å². The molecule has 1 aromatic heterocycles. The molecule has 0 saturated carbocycles. The lowest BCUT2D eigenvalue weighted by atomic mass is 10.3. The molecule has 2 N–H and O–H groups in total. The molecule has 0 radical (unpaired) electrons. The highest BCUT2D eigenvalue weighted by Gasteiger charge is 2.08. The smallest absolute Gasteiger partial charge is 0.305 e. The molecule has 7 heteroatoms. The van der Waals surface area contributed by atoms with Crippen molar-refractivity contribution in [1.29, 1.82) is 0 Å². The Bertz CT molecular complexity index is 377. The number of rotatable bonds is 5. The van der Waals surface area contributed by atoms with E-state index < -0.39 is 11.9 Å². The summed E-state index contributed by atoms with van der Waals surface area (Å²) in [5, 5.41) is 18.0. The summed E-state index contributed by atoms with van der Waals surface area (Å²) in [5.41, 5.74) is 0.117. The van der Waals surface area contributed by atoms with Gasteiger partial charge in [-0.2, -0.15) is 0 Å². The molecule has 0 fully saturated rings. The minimum absolute atomic E-state index is 0.0574. The van der Waals surface area contributed by atoms with Gasteiger partial charge in [0.05, 0.1) is 13.5 Å². The summed E-state index contributed by atoms with van der Waals surface area (Å²) in [6, 6.07) is 2.95. The number of aromatic nitrogens is 2. The van der Waals surface area contributed by atoms with Crippen molar-refractivity contribution >= 4 is 11.9 Å². The van der Waals surface area contributed by atoms with Crippen LogP contribution in [-0.2, 0) is 4.79 Å². The number of carboxylic acids is 1. The molecule has 0 spiro atoms. The number of nitrogens with zero attached hydrogens (tertiary/aromatic N) is 2.